The quantitative estimate of drug-likeness (QED) is 0.500. The lowest BCUT2D eigenvalue weighted by atomic mass is 10.1. The number of nitrogens with one attached hydrogen (secondary N) is 1. The van der Waals surface area contributed by atoms with Crippen molar-refractivity contribution in [1.82, 2.24) is 10.2 Å². The third-order valence-corrected chi connectivity index (χ3v) is 3.83. The summed E-state index contributed by atoms with van der Waals surface area (Å²) in [5.41, 5.74) is -0.718. The van der Waals surface area contributed by atoms with Gasteiger partial charge in [0, 0.05) is 13.5 Å². The highest BCUT2D eigenvalue weighted by atomic mass is 16.6. The Morgan fingerprint density at radius 2 is 1.93 bits per heavy atom. The SMILES string of the molecule is CC1CC/C=C/CCCCC(=O)NC(=NC(=O)OC(C)(C)C)N(C)CC(=O)O1. The van der Waals surface area contributed by atoms with Gasteiger partial charge in [-0.2, -0.15) is 0 Å². The first-order valence-electron chi connectivity index (χ1n) is 9.74. The van der Waals surface area contributed by atoms with Crippen LogP contribution in [-0.2, 0) is 19.1 Å². The monoisotopic (exact) mass is 395 g/mol. The molecule has 0 aromatic carbocycles. The topological polar surface area (TPSA) is 97.3 Å². The van der Waals surface area contributed by atoms with Crippen LogP contribution >= 0.6 is 0 Å². The molecule has 0 aromatic heterocycles. The van der Waals surface area contributed by atoms with Crippen molar-refractivity contribution >= 4 is 23.9 Å². The number of aliphatic imine (C=N–C) groups is 1. The zero-order chi connectivity index (χ0) is 21.2. The van der Waals surface area contributed by atoms with E-state index >= 15 is 0 Å². The number of carbonyl (C=O) groups is 3. The van der Waals surface area contributed by atoms with Crippen molar-refractivity contribution in [2.75, 3.05) is 13.6 Å². The number of likely N-dealkylation sites (N-methyl/N-ethyl adjacent to an activating group) is 1. The molecule has 0 fully saturated rings. The Labute approximate surface area is 167 Å². The van der Waals surface area contributed by atoms with Crippen LogP contribution in [0.4, 0.5) is 4.79 Å². The van der Waals surface area contributed by atoms with Crippen LogP contribution in [0.25, 0.3) is 0 Å². The molecule has 1 aliphatic rings. The maximum atomic E-state index is 12.2. The molecule has 0 spiro atoms. The molecule has 0 saturated carbocycles. The van der Waals surface area contributed by atoms with Crippen LogP contribution in [0.3, 0.4) is 0 Å². The Hall–Kier alpha value is -2.38. The first-order valence-corrected chi connectivity index (χ1v) is 9.74. The number of allylic oxidation sites excluding steroid dienone is 2. The molecule has 0 aromatic rings. The molecule has 0 saturated heterocycles. The predicted molar refractivity (Wildman–Crippen MR) is 107 cm³/mol. The third kappa shape index (κ3) is 10.7. The number of ether oxygens (including phenoxy) is 2. The van der Waals surface area contributed by atoms with Crippen LogP contribution in [0.2, 0.25) is 0 Å². The summed E-state index contributed by atoms with van der Waals surface area (Å²) in [5.74, 6) is -0.764. The Morgan fingerprint density at radius 1 is 1.25 bits per heavy atom. The van der Waals surface area contributed by atoms with E-state index in [1.807, 2.05) is 6.92 Å². The van der Waals surface area contributed by atoms with Crippen molar-refractivity contribution in [3.63, 3.8) is 0 Å². The molecule has 8 heteroatoms. The zero-order valence-corrected chi connectivity index (χ0v) is 17.6. The Morgan fingerprint density at radius 3 is 2.61 bits per heavy atom. The van der Waals surface area contributed by atoms with E-state index in [1.54, 1.807) is 27.8 Å². The second kappa shape index (κ2) is 11.5. The van der Waals surface area contributed by atoms with E-state index in [0.717, 1.165) is 32.1 Å². The van der Waals surface area contributed by atoms with Crippen molar-refractivity contribution in [1.29, 1.82) is 0 Å². The number of carbonyl (C=O) groups excluding carboxylic acids is 3. The van der Waals surface area contributed by atoms with Crippen LogP contribution in [-0.4, -0.2) is 54.1 Å². The molecule has 1 N–H and O–H groups in total. The molecular formula is C20H33N3O5. The highest BCUT2D eigenvalue weighted by Crippen LogP contribution is 2.09. The van der Waals surface area contributed by atoms with Crippen LogP contribution in [0.15, 0.2) is 17.1 Å². The smallest absolute Gasteiger partial charge is 0.437 e. The molecule has 0 aliphatic carbocycles. The molecule has 1 aliphatic heterocycles. The van der Waals surface area contributed by atoms with Crippen molar-refractivity contribution in [3.05, 3.63) is 12.2 Å². The fourth-order valence-corrected chi connectivity index (χ4v) is 2.47. The van der Waals surface area contributed by atoms with Gasteiger partial charge in [-0.1, -0.05) is 12.2 Å². The highest BCUT2D eigenvalue weighted by molar-refractivity contribution is 6.01. The summed E-state index contributed by atoms with van der Waals surface area (Å²) in [7, 11) is 1.56. The van der Waals surface area contributed by atoms with Crippen LogP contribution in [0, 0.1) is 0 Å². The average Bonchev–Trinajstić information content (AvgIpc) is 2.53. The lowest BCUT2D eigenvalue weighted by molar-refractivity contribution is -0.148. The summed E-state index contributed by atoms with van der Waals surface area (Å²) in [5, 5.41) is 2.61. The number of amides is 2. The van der Waals surface area contributed by atoms with Gasteiger partial charge in [0.15, 0.2) is 0 Å². The number of guanidine groups is 1. The van der Waals surface area contributed by atoms with Crippen molar-refractivity contribution in [3.8, 4) is 0 Å². The number of hydrogen-bond acceptors (Lipinski definition) is 5. The van der Waals surface area contributed by atoms with Gasteiger partial charge in [0.2, 0.25) is 11.9 Å². The molecule has 158 valence electrons. The van der Waals surface area contributed by atoms with Gasteiger partial charge in [-0.3, -0.25) is 14.9 Å². The first kappa shape index (κ1) is 23.7. The van der Waals surface area contributed by atoms with Gasteiger partial charge in [0.05, 0.1) is 6.10 Å². The summed E-state index contributed by atoms with van der Waals surface area (Å²) < 4.78 is 10.6. The van der Waals surface area contributed by atoms with Gasteiger partial charge in [-0.15, -0.1) is 4.99 Å². The number of hydrogen-bond donors (Lipinski definition) is 1. The van der Waals surface area contributed by atoms with Crippen LogP contribution in [0.1, 0.15) is 66.2 Å². The van der Waals surface area contributed by atoms with E-state index < -0.39 is 17.7 Å². The molecule has 2 amide bonds. The van der Waals surface area contributed by atoms with E-state index in [-0.39, 0.29) is 24.5 Å². The van der Waals surface area contributed by atoms with E-state index in [2.05, 4.69) is 22.5 Å². The standard InChI is InChI=1S/C20H33N3O5/c1-15-12-10-8-6-7-9-11-13-16(24)21-18(23(5)14-17(25)27-15)22-19(26)28-20(2,3)4/h6,8,15H,7,9-14H2,1-5H3,(H,21,22,24,26)/b8-6+. The van der Waals surface area contributed by atoms with Gasteiger partial charge in [0.25, 0.3) is 0 Å². The predicted octanol–water partition coefficient (Wildman–Crippen LogP) is 3.17. The number of esters is 1. The lowest BCUT2D eigenvalue weighted by Crippen LogP contribution is -2.45. The molecule has 8 nitrogen and oxygen atoms in total. The Kier molecular flexibility index (Phi) is 9.68. The van der Waals surface area contributed by atoms with Crippen molar-refractivity contribution in [2.24, 2.45) is 4.99 Å². The van der Waals surface area contributed by atoms with Crippen LogP contribution in [0.5, 0.6) is 0 Å². The normalized spacial score (nSPS) is 23.7. The van der Waals surface area contributed by atoms with Crippen molar-refractivity contribution < 1.29 is 23.9 Å². The van der Waals surface area contributed by atoms with Gasteiger partial charge in [0.1, 0.15) is 12.1 Å². The second-order valence-corrected chi connectivity index (χ2v) is 7.92. The summed E-state index contributed by atoms with van der Waals surface area (Å²) in [6.45, 7) is 6.85. The minimum absolute atomic E-state index is 0.0316. The zero-order valence-electron chi connectivity index (χ0n) is 17.6. The van der Waals surface area contributed by atoms with E-state index in [9.17, 15) is 14.4 Å². The molecule has 0 bridgehead atoms. The number of rotatable bonds is 0. The van der Waals surface area contributed by atoms with Crippen molar-refractivity contribution in [2.45, 2.75) is 77.9 Å². The summed E-state index contributed by atoms with van der Waals surface area (Å²) in [6, 6.07) is 0. The molecule has 1 rings (SSSR count). The number of nitrogens with zero attached hydrogens (tertiary/aromatic N) is 2. The Balaban J connectivity index is 2.94. The van der Waals surface area contributed by atoms with Gasteiger partial charge in [-0.25, -0.2) is 4.79 Å². The first-order chi connectivity index (χ1) is 13.1. The molecule has 0 radical (unpaired) electrons. The fraction of sp³-hybridized carbons (Fsp3) is 0.700. The number of cyclic esters (lactones) is 1. The highest BCUT2D eigenvalue weighted by Gasteiger charge is 2.21. The van der Waals surface area contributed by atoms with Gasteiger partial charge >= 0.3 is 12.1 Å². The second-order valence-electron chi connectivity index (χ2n) is 7.92. The van der Waals surface area contributed by atoms with E-state index in [1.165, 1.54) is 4.90 Å². The van der Waals surface area contributed by atoms with Gasteiger partial charge < -0.3 is 14.4 Å². The Bertz CT molecular complexity index is 607. The lowest BCUT2D eigenvalue weighted by Gasteiger charge is -2.23. The maximum Gasteiger partial charge on any atom is 0.437 e. The molecule has 1 atom stereocenters. The minimum Gasteiger partial charge on any atom is -0.461 e. The van der Waals surface area contributed by atoms with Gasteiger partial charge in [-0.05, 0) is 59.8 Å². The maximum absolute atomic E-state index is 12.2. The fourth-order valence-electron chi connectivity index (χ4n) is 2.47. The summed E-state index contributed by atoms with van der Waals surface area (Å²) >= 11 is 0. The summed E-state index contributed by atoms with van der Waals surface area (Å²) in [6.07, 6.45) is 7.47. The van der Waals surface area contributed by atoms with Crippen LogP contribution < -0.4 is 5.32 Å². The molecule has 1 unspecified atom stereocenters. The average molecular weight is 396 g/mol. The largest absolute Gasteiger partial charge is 0.461 e. The summed E-state index contributed by atoms with van der Waals surface area (Å²) in [4.78, 5) is 41.7. The molecular weight excluding hydrogens is 362 g/mol. The minimum atomic E-state index is -0.837. The third-order valence-electron chi connectivity index (χ3n) is 3.83. The van der Waals surface area contributed by atoms with E-state index in [4.69, 9.17) is 9.47 Å². The molecule has 28 heavy (non-hydrogen) atoms. The van der Waals surface area contributed by atoms with E-state index in [0.29, 0.717) is 6.42 Å². The molecule has 1 heterocycles.